The van der Waals surface area contributed by atoms with Gasteiger partial charge in [0.05, 0.1) is 39.5 Å². The van der Waals surface area contributed by atoms with Gasteiger partial charge in [0.25, 0.3) is 11.5 Å². The van der Waals surface area contributed by atoms with Crippen molar-refractivity contribution in [2.24, 2.45) is 0 Å². The largest absolute Gasteiger partial charge is 0.505 e. The van der Waals surface area contributed by atoms with E-state index in [2.05, 4.69) is 20.5 Å². The first-order valence-electron chi connectivity index (χ1n) is 8.16. The molecule has 0 spiro atoms. The molecule has 2 N–H and O–H groups in total. The Morgan fingerprint density at radius 2 is 2.00 bits per heavy atom. The summed E-state index contributed by atoms with van der Waals surface area (Å²) in [6.45, 7) is 0.220. The van der Waals surface area contributed by atoms with Gasteiger partial charge in [0.15, 0.2) is 5.75 Å². The Hall–Kier alpha value is -3.01. The Morgan fingerprint density at radius 3 is 2.69 bits per heavy atom. The molecule has 0 saturated carbocycles. The third-order valence-corrected chi connectivity index (χ3v) is 5.35. The van der Waals surface area contributed by atoms with Crippen molar-refractivity contribution in [1.29, 1.82) is 0 Å². The summed E-state index contributed by atoms with van der Waals surface area (Å²) in [4.78, 5) is 30.0. The fourth-order valence-electron chi connectivity index (χ4n) is 2.72. The Labute approximate surface area is 177 Å². The van der Waals surface area contributed by atoms with Crippen LogP contribution in [0, 0.1) is 0 Å². The fraction of sp³-hybridized carbons (Fsp3) is 0.0556. The van der Waals surface area contributed by atoms with Crippen molar-refractivity contribution in [3.63, 3.8) is 0 Å². The monoisotopic (exact) mass is 447 g/mol. The lowest BCUT2D eigenvalue weighted by atomic mass is 10.1. The van der Waals surface area contributed by atoms with Crippen molar-refractivity contribution < 1.29 is 9.90 Å². The highest BCUT2D eigenvalue weighted by atomic mass is 35.5. The number of nitrogens with one attached hydrogen (secondary N) is 1. The molecule has 29 heavy (non-hydrogen) atoms. The predicted molar refractivity (Wildman–Crippen MR) is 111 cm³/mol. The van der Waals surface area contributed by atoms with Crippen LogP contribution in [0.1, 0.15) is 15.4 Å². The maximum Gasteiger partial charge on any atom is 0.263 e. The zero-order chi connectivity index (χ0) is 20.5. The molecule has 8 nitrogen and oxygen atoms in total. The van der Waals surface area contributed by atoms with Crippen molar-refractivity contribution >= 4 is 57.0 Å². The molecule has 1 amide bonds. The van der Waals surface area contributed by atoms with Crippen LogP contribution in [0.2, 0.25) is 10.0 Å². The molecule has 146 valence electrons. The molecule has 0 saturated heterocycles. The summed E-state index contributed by atoms with van der Waals surface area (Å²) in [5.41, 5.74) is 2.10. The van der Waals surface area contributed by atoms with Crippen LogP contribution in [0.4, 0.5) is 5.69 Å². The number of aromatic nitrogens is 4. The number of hydrogen-bond acceptors (Lipinski definition) is 7. The third-order valence-electron chi connectivity index (χ3n) is 4.09. The van der Waals surface area contributed by atoms with Gasteiger partial charge in [-0.05, 0) is 24.3 Å². The molecule has 0 aliphatic rings. The fourth-order valence-corrected chi connectivity index (χ4v) is 3.73. The van der Waals surface area contributed by atoms with Gasteiger partial charge < -0.3 is 10.4 Å². The zero-order valence-corrected chi connectivity index (χ0v) is 16.8. The summed E-state index contributed by atoms with van der Waals surface area (Å²) >= 11 is 13.1. The van der Waals surface area contributed by atoms with E-state index in [1.54, 1.807) is 23.7 Å². The van der Waals surface area contributed by atoms with Gasteiger partial charge in [-0.2, -0.15) is 0 Å². The van der Waals surface area contributed by atoms with E-state index in [4.69, 9.17) is 23.2 Å². The lowest BCUT2D eigenvalue weighted by molar-refractivity contribution is 0.102. The number of nitrogens with zero attached hydrogens (tertiary/aromatic N) is 4. The van der Waals surface area contributed by atoms with Crippen LogP contribution in [0.15, 0.2) is 47.0 Å². The minimum atomic E-state index is -0.541. The van der Waals surface area contributed by atoms with Gasteiger partial charge in [0, 0.05) is 5.56 Å². The van der Waals surface area contributed by atoms with E-state index in [9.17, 15) is 14.7 Å². The predicted octanol–water partition coefficient (Wildman–Crippen LogP) is 3.56. The number of anilines is 1. The van der Waals surface area contributed by atoms with Gasteiger partial charge in [-0.1, -0.05) is 29.3 Å². The number of halogens is 2. The van der Waals surface area contributed by atoms with E-state index >= 15 is 0 Å². The lowest BCUT2D eigenvalue weighted by Crippen LogP contribution is -2.23. The van der Waals surface area contributed by atoms with Crippen molar-refractivity contribution in [1.82, 2.24) is 19.7 Å². The second-order valence-electron chi connectivity index (χ2n) is 5.95. The number of hydrogen-bond donors (Lipinski definition) is 2. The van der Waals surface area contributed by atoms with Crippen molar-refractivity contribution in [2.75, 3.05) is 5.32 Å². The second kappa shape index (κ2) is 7.78. The van der Waals surface area contributed by atoms with Crippen molar-refractivity contribution in [3.8, 4) is 5.75 Å². The number of amides is 1. The summed E-state index contributed by atoms with van der Waals surface area (Å²) < 4.78 is 1.40. The van der Waals surface area contributed by atoms with Crippen LogP contribution in [0.25, 0.3) is 10.9 Å². The SMILES string of the molecule is O=C(Nc1cccc2ncn(Cc3nncs3)c(=O)c12)c1cc(Cl)c(O)c(Cl)c1. The number of carbonyl (C=O) groups is 1. The van der Waals surface area contributed by atoms with Crippen LogP contribution in [-0.2, 0) is 6.54 Å². The number of phenolic OH excluding ortho intramolecular Hbond substituents is 1. The van der Waals surface area contributed by atoms with E-state index in [0.29, 0.717) is 10.5 Å². The first kappa shape index (κ1) is 19.3. The number of rotatable bonds is 4. The Bertz CT molecular complexity index is 1270. The van der Waals surface area contributed by atoms with Crippen LogP contribution in [-0.4, -0.2) is 30.8 Å². The highest BCUT2D eigenvalue weighted by Gasteiger charge is 2.16. The summed E-state index contributed by atoms with van der Waals surface area (Å²) in [6, 6.07) is 7.53. The highest BCUT2D eigenvalue weighted by Crippen LogP contribution is 2.33. The highest BCUT2D eigenvalue weighted by molar-refractivity contribution is 7.09. The first-order valence-corrected chi connectivity index (χ1v) is 9.80. The van der Waals surface area contributed by atoms with E-state index in [-0.39, 0.29) is 44.5 Å². The topological polar surface area (TPSA) is 110 Å². The maximum absolute atomic E-state index is 13.0. The minimum absolute atomic E-state index is 0.0540. The van der Waals surface area contributed by atoms with Gasteiger partial charge in [0.1, 0.15) is 10.5 Å². The molecule has 4 aromatic rings. The summed E-state index contributed by atoms with van der Waals surface area (Å²) in [5.74, 6) is -0.848. The number of carbonyl (C=O) groups excluding carboxylic acids is 1. The molecule has 0 bridgehead atoms. The molecule has 0 aliphatic heterocycles. The molecule has 0 atom stereocenters. The van der Waals surface area contributed by atoms with Crippen LogP contribution >= 0.6 is 34.5 Å². The molecule has 0 aliphatic carbocycles. The summed E-state index contributed by atoms with van der Waals surface area (Å²) in [5, 5.41) is 20.8. The van der Waals surface area contributed by atoms with E-state index in [1.807, 2.05) is 0 Å². The normalized spacial score (nSPS) is 11.0. The molecule has 0 fully saturated rings. The molecule has 2 aromatic heterocycles. The van der Waals surface area contributed by atoms with Crippen molar-refractivity contribution in [2.45, 2.75) is 6.54 Å². The smallest absolute Gasteiger partial charge is 0.263 e. The molecule has 2 heterocycles. The summed E-state index contributed by atoms with van der Waals surface area (Å²) in [7, 11) is 0. The van der Waals surface area contributed by atoms with E-state index < -0.39 is 5.91 Å². The molecule has 0 radical (unpaired) electrons. The number of benzene rings is 2. The van der Waals surface area contributed by atoms with E-state index in [1.165, 1.54) is 34.4 Å². The van der Waals surface area contributed by atoms with Gasteiger partial charge in [-0.25, -0.2) is 4.98 Å². The van der Waals surface area contributed by atoms with E-state index in [0.717, 1.165) is 0 Å². The Balaban J connectivity index is 1.74. The molecular weight excluding hydrogens is 437 g/mol. The number of phenols is 1. The summed E-state index contributed by atoms with van der Waals surface area (Å²) in [6.07, 6.45) is 1.43. The quantitative estimate of drug-likeness (QED) is 0.494. The van der Waals surface area contributed by atoms with Crippen LogP contribution in [0.5, 0.6) is 5.75 Å². The average Bonchev–Trinajstić information content (AvgIpc) is 3.21. The second-order valence-corrected chi connectivity index (χ2v) is 7.68. The minimum Gasteiger partial charge on any atom is -0.505 e. The first-order chi connectivity index (χ1) is 13.9. The van der Waals surface area contributed by atoms with Gasteiger partial charge >= 0.3 is 0 Å². The molecule has 2 aromatic carbocycles. The van der Waals surface area contributed by atoms with Crippen molar-refractivity contribution in [3.05, 3.63) is 73.1 Å². The van der Waals surface area contributed by atoms with Gasteiger partial charge in [-0.3, -0.25) is 14.2 Å². The molecule has 4 rings (SSSR count). The standard InChI is InChI=1S/C18H11Cl2N5O3S/c19-10-4-9(5-11(20)16(10)26)17(27)23-13-3-1-2-12-15(13)18(28)25(7-21-12)6-14-24-22-8-29-14/h1-5,7-8,26H,6H2,(H,23,27). The van der Waals surface area contributed by atoms with Gasteiger partial charge in [-0.15, -0.1) is 21.5 Å². The molecular formula is C18H11Cl2N5O3S. The molecule has 0 unspecified atom stereocenters. The van der Waals surface area contributed by atoms with Crippen LogP contribution in [0.3, 0.4) is 0 Å². The average molecular weight is 448 g/mol. The van der Waals surface area contributed by atoms with Crippen LogP contribution < -0.4 is 10.9 Å². The molecule has 11 heteroatoms. The zero-order valence-electron chi connectivity index (χ0n) is 14.5. The Kier molecular flexibility index (Phi) is 5.18. The lowest BCUT2D eigenvalue weighted by Gasteiger charge is -2.11. The number of aromatic hydroxyl groups is 1. The third kappa shape index (κ3) is 3.80. The van der Waals surface area contributed by atoms with Gasteiger partial charge in [0.2, 0.25) is 0 Å². The number of fused-ring (bicyclic) bond motifs is 1. The maximum atomic E-state index is 13.0. The Morgan fingerprint density at radius 1 is 1.24 bits per heavy atom.